The van der Waals surface area contributed by atoms with Gasteiger partial charge in [0.1, 0.15) is 0 Å². The van der Waals surface area contributed by atoms with E-state index in [2.05, 4.69) is 0 Å². The van der Waals surface area contributed by atoms with E-state index in [0.717, 1.165) is 5.56 Å². The average Bonchev–Trinajstić information content (AvgIpc) is 2.85. The fourth-order valence-electron chi connectivity index (χ4n) is 2.74. The van der Waals surface area contributed by atoms with E-state index < -0.39 is 11.4 Å². The van der Waals surface area contributed by atoms with E-state index in [4.69, 9.17) is 23.2 Å². The quantitative estimate of drug-likeness (QED) is 0.910. The molecule has 2 rings (SSSR count). The molecular weight excluding hydrogens is 325 g/mol. The van der Waals surface area contributed by atoms with Gasteiger partial charge in [0.15, 0.2) is 0 Å². The smallest absolute Gasteiger partial charge is 0.311 e. The first kappa shape index (κ1) is 17.1. The lowest BCUT2D eigenvalue weighted by molar-refractivity contribution is -0.147. The molecule has 2 unspecified atom stereocenters. The number of likely N-dealkylation sites (tertiary alicyclic amines) is 1. The third-order valence-electron chi connectivity index (χ3n) is 4.26. The number of carbonyl (C=O) groups excluding carboxylic acids is 1. The molecule has 1 aliphatic heterocycles. The summed E-state index contributed by atoms with van der Waals surface area (Å²) in [4.78, 5) is 25.4. The topological polar surface area (TPSA) is 57.6 Å². The van der Waals surface area contributed by atoms with Gasteiger partial charge >= 0.3 is 5.97 Å². The van der Waals surface area contributed by atoms with Crippen LogP contribution in [-0.4, -0.2) is 35.0 Å². The van der Waals surface area contributed by atoms with Gasteiger partial charge in [-0.25, -0.2) is 0 Å². The van der Waals surface area contributed by atoms with Crippen LogP contribution in [-0.2, 0) is 16.0 Å². The van der Waals surface area contributed by atoms with Gasteiger partial charge in [0, 0.05) is 29.1 Å². The van der Waals surface area contributed by atoms with Crippen molar-refractivity contribution in [2.75, 3.05) is 13.1 Å². The zero-order valence-electron chi connectivity index (χ0n) is 12.6. The zero-order valence-corrected chi connectivity index (χ0v) is 14.1. The summed E-state index contributed by atoms with van der Waals surface area (Å²) in [6.45, 7) is 4.27. The number of hydrogen-bond donors (Lipinski definition) is 1. The number of carboxylic acid groups (broad SMARTS) is 1. The van der Waals surface area contributed by atoms with Gasteiger partial charge in [0.25, 0.3) is 0 Å². The highest BCUT2D eigenvalue weighted by Crippen LogP contribution is 2.31. The molecule has 120 valence electrons. The Labute approximate surface area is 140 Å². The Morgan fingerprint density at radius 3 is 2.64 bits per heavy atom. The van der Waals surface area contributed by atoms with Crippen LogP contribution in [0.3, 0.4) is 0 Å². The van der Waals surface area contributed by atoms with Crippen LogP contribution in [0.2, 0.25) is 10.0 Å². The van der Waals surface area contributed by atoms with Gasteiger partial charge in [-0.15, -0.1) is 0 Å². The SMILES string of the molecule is CC(Cc1ccc(Cl)cc1Cl)C(=O)N1CCC(C)(C(=O)O)C1. The first-order chi connectivity index (χ1) is 10.2. The Hall–Kier alpha value is -1.26. The standard InChI is InChI=1S/C16H19Cl2NO3/c1-10(7-11-3-4-12(17)8-13(11)18)14(20)19-6-5-16(2,9-19)15(21)22/h3-4,8,10H,5-7,9H2,1-2H3,(H,21,22). The normalized spacial score (nSPS) is 22.6. The molecule has 6 heteroatoms. The third kappa shape index (κ3) is 3.55. The van der Waals surface area contributed by atoms with Gasteiger partial charge in [0.2, 0.25) is 5.91 Å². The van der Waals surface area contributed by atoms with Gasteiger partial charge < -0.3 is 10.0 Å². The second-order valence-corrected chi connectivity index (χ2v) is 7.06. The maximum Gasteiger partial charge on any atom is 0.311 e. The van der Waals surface area contributed by atoms with Crippen LogP contribution in [0.4, 0.5) is 0 Å². The molecule has 1 heterocycles. The van der Waals surface area contributed by atoms with Crippen LogP contribution in [0.15, 0.2) is 18.2 Å². The number of carboxylic acids is 1. The van der Waals surface area contributed by atoms with Crippen LogP contribution in [0.5, 0.6) is 0 Å². The molecule has 0 spiro atoms. The highest BCUT2D eigenvalue weighted by Gasteiger charge is 2.42. The van der Waals surface area contributed by atoms with Crippen molar-refractivity contribution in [3.8, 4) is 0 Å². The lowest BCUT2D eigenvalue weighted by atomic mass is 9.90. The minimum atomic E-state index is -0.851. The molecule has 1 N–H and O–H groups in total. The summed E-state index contributed by atoms with van der Waals surface area (Å²) < 4.78 is 0. The van der Waals surface area contributed by atoms with Crippen molar-refractivity contribution in [3.63, 3.8) is 0 Å². The Balaban J connectivity index is 2.03. The largest absolute Gasteiger partial charge is 0.481 e. The number of nitrogens with zero attached hydrogens (tertiary/aromatic N) is 1. The molecular formula is C16H19Cl2NO3. The Morgan fingerprint density at radius 1 is 1.41 bits per heavy atom. The summed E-state index contributed by atoms with van der Waals surface area (Å²) in [6, 6.07) is 5.23. The van der Waals surface area contributed by atoms with Crippen LogP contribution < -0.4 is 0 Å². The number of aliphatic carboxylic acids is 1. The second kappa shape index (κ2) is 6.47. The monoisotopic (exact) mass is 343 g/mol. The van der Waals surface area contributed by atoms with E-state index in [1.807, 2.05) is 13.0 Å². The van der Waals surface area contributed by atoms with E-state index in [1.165, 1.54) is 0 Å². The molecule has 1 aromatic rings. The minimum absolute atomic E-state index is 0.0315. The van der Waals surface area contributed by atoms with Crippen LogP contribution in [0.1, 0.15) is 25.8 Å². The van der Waals surface area contributed by atoms with Crippen LogP contribution in [0, 0.1) is 11.3 Å². The molecule has 1 amide bonds. The Bertz CT molecular complexity index is 605. The molecule has 1 saturated heterocycles. The molecule has 1 aliphatic rings. The highest BCUT2D eigenvalue weighted by atomic mass is 35.5. The number of carbonyl (C=O) groups is 2. The number of rotatable bonds is 4. The van der Waals surface area contributed by atoms with Gasteiger partial charge in [-0.1, -0.05) is 36.2 Å². The predicted molar refractivity (Wildman–Crippen MR) is 86.3 cm³/mol. The summed E-state index contributed by atoms with van der Waals surface area (Å²) in [5.74, 6) is -1.14. The maximum atomic E-state index is 12.5. The molecule has 0 saturated carbocycles. The fourth-order valence-corrected chi connectivity index (χ4v) is 3.23. The van der Waals surface area contributed by atoms with E-state index >= 15 is 0 Å². The Kier molecular flexibility index (Phi) is 5.03. The molecule has 0 radical (unpaired) electrons. The summed E-state index contributed by atoms with van der Waals surface area (Å²) in [5, 5.41) is 10.3. The van der Waals surface area contributed by atoms with Crippen LogP contribution >= 0.6 is 23.2 Å². The number of hydrogen-bond acceptors (Lipinski definition) is 2. The van der Waals surface area contributed by atoms with E-state index in [0.29, 0.717) is 29.4 Å². The molecule has 0 aromatic heterocycles. The van der Waals surface area contributed by atoms with E-state index in [-0.39, 0.29) is 18.4 Å². The average molecular weight is 344 g/mol. The summed E-state index contributed by atoms with van der Waals surface area (Å²) in [7, 11) is 0. The van der Waals surface area contributed by atoms with Crippen molar-refractivity contribution in [3.05, 3.63) is 33.8 Å². The van der Waals surface area contributed by atoms with Gasteiger partial charge in [0.05, 0.1) is 5.41 Å². The highest BCUT2D eigenvalue weighted by molar-refractivity contribution is 6.35. The van der Waals surface area contributed by atoms with Gasteiger partial charge in [-0.2, -0.15) is 0 Å². The zero-order chi connectivity index (χ0) is 16.5. The number of benzene rings is 1. The van der Waals surface area contributed by atoms with Crippen molar-refractivity contribution in [2.45, 2.75) is 26.7 Å². The van der Waals surface area contributed by atoms with Crippen molar-refractivity contribution in [1.29, 1.82) is 0 Å². The first-order valence-electron chi connectivity index (χ1n) is 7.19. The summed E-state index contributed by atoms with van der Waals surface area (Å²) in [5.41, 5.74) is 0.0277. The molecule has 2 atom stereocenters. The van der Waals surface area contributed by atoms with Gasteiger partial charge in [-0.3, -0.25) is 9.59 Å². The number of amides is 1. The fraction of sp³-hybridized carbons (Fsp3) is 0.500. The predicted octanol–water partition coefficient (Wildman–Crippen LogP) is 3.50. The molecule has 0 bridgehead atoms. The Morgan fingerprint density at radius 2 is 2.09 bits per heavy atom. The second-order valence-electron chi connectivity index (χ2n) is 6.22. The third-order valence-corrected chi connectivity index (χ3v) is 4.85. The molecule has 1 fully saturated rings. The molecule has 4 nitrogen and oxygen atoms in total. The summed E-state index contributed by atoms with van der Waals surface area (Å²) in [6.07, 6.45) is 0.998. The van der Waals surface area contributed by atoms with E-state index in [9.17, 15) is 14.7 Å². The number of halogens is 2. The van der Waals surface area contributed by atoms with Crippen molar-refractivity contribution in [1.82, 2.24) is 4.90 Å². The lowest BCUT2D eigenvalue weighted by Gasteiger charge is -2.23. The van der Waals surface area contributed by atoms with E-state index in [1.54, 1.807) is 24.0 Å². The minimum Gasteiger partial charge on any atom is -0.481 e. The molecule has 1 aromatic carbocycles. The molecule has 0 aliphatic carbocycles. The van der Waals surface area contributed by atoms with Gasteiger partial charge in [-0.05, 0) is 37.5 Å². The van der Waals surface area contributed by atoms with Crippen LogP contribution in [0.25, 0.3) is 0 Å². The van der Waals surface area contributed by atoms with Crippen molar-refractivity contribution >= 4 is 35.1 Å². The summed E-state index contributed by atoms with van der Waals surface area (Å²) >= 11 is 12.0. The molecule has 22 heavy (non-hydrogen) atoms. The maximum absolute atomic E-state index is 12.5. The van der Waals surface area contributed by atoms with Crippen molar-refractivity contribution in [2.24, 2.45) is 11.3 Å². The van der Waals surface area contributed by atoms with Crippen molar-refractivity contribution < 1.29 is 14.7 Å². The lowest BCUT2D eigenvalue weighted by Crippen LogP contribution is -2.37. The first-order valence-corrected chi connectivity index (χ1v) is 7.94.